The zero-order chi connectivity index (χ0) is 21.1. The van der Waals surface area contributed by atoms with Gasteiger partial charge in [0.1, 0.15) is 16.6 Å². The molecule has 0 fully saturated rings. The highest BCUT2D eigenvalue weighted by Crippen LogP contribution is 2.38. The van der Waals surface area contributed by atoms with Crippen molar-refractivity contribution in [1.82, 2.24) is 0 Å². The SMILES string of the molecule is Cc1ccc(C=C(C#N)C(=O)Nc2sc3c(c2C(N)=O)CCCC3)cc1[N+](=O)[O-]. The Morgan fingerprint density at radius 1 is 1.34 bits per heavy atom. The number of nitrogens with one attached hydrogen (secondary N) is 1. The highest BCUT2D eigenvalue weighted by Gasteiger charge is 2.25. The van der Waals surface area contributed by atoms with Crippen LogP contribution >= 0.6 is 11.3 Å². The van der Waals surface area contributed by atoms with Gasteiger partial charge in [-0.2, -0.15) is 5.26 Å². The van der Waals surface area contributed by atoms with Crippen molar-refractivity contribution in [3.63, 3.8) is 0 Å². The molecule has 0 aliphatic heterocycles. The van der Waals surface area contributed by atoms with Gasteiger partial charge in [0.05, 0.1) is 10.5 Å². The number of nitriles is 1. The summed E-state index contributed by atoms with van der Waals surface area (Å²) in [7, 11) is 0. The van der Waals surface area contributed by atoms with Gasteiger partial charge in [0.15, 0.2) is 0 Å². The topological polar surface area (TPSA) is 139 Å². The summed E-state index contributed by atoms with van der Waals surface area (Å²) >= 11 is 1.30. The normalized spacial score (nSPS) is 13.3. The molecule has 0 radical (unpaired) electrons. The van der Waals surface area contributed by atoms with Crippen LogP contribution in [0.4, 0.5) is 10.7 Å². The first kappa shape index (κ1) is 20.2. The van der Waals surface area contributed by atoms with E-state index in [2.05, 4.69) is 5.32 Å². The summed E-state index contributed by atoms with van der Waals surface area (Å²) in [4.78, 5) is 36.2. The van der Waals surface area contributed by atoms with Gasteiger partial charge in [-0.15, -0.1) is 11.3 Å². The molecule has 0 bridgehead atoms. The smallest absolute Gasteiger partial charge is 0.272 e. The van der Waals surface area contributed by atoms with Crippen LogP contribution in [0.1, 0.15) is 44.8 Å². The standard InChI is InChI=1S/C20H18N4O4S/c1-11-6-7-12(9-15(11)24(27)28)8-13(10-21)19(26)23-20-17(18(22)25)14-4-2-3-5-16(14)29-20/h6-9H,2-5H2,1H3,(H2,22,25)(H,23,26). The number of carbonyl (C=O) groups is 2. The van der Waals surface area contributed by atoms with Gasteiger partial charge < -0.3 is 11.1 Å². The summed E-state index contributed by atoms with van der Waals surface area (Å²) in [5.74, 6) is -1.31. The maximum absolute atomic E-state index is 12.6. The molecule has 29 heavy (non-hydrogen) atoms. The lowest BCUT2D eigenvalue weighted by molar-refractivity contribution is -0.385. The van der Waals surface area contributed by atoms with Crippen molar-refractivity contribution in [3.05, 3.63) is 61.0 Å². The second-order valence-corrected chi connectivity index (χ2v) is 7.81. The van der Waals surface area contributed by atoms with Crippen LogP contribution < -0.4 is 11.1 Å². The zero-order valence-corrected chi connectivity index (χ0v) is 16.5. The molecular weight excluding hydrogens is 392 g/mol. The predicted molar refractivity (Wildman–Crippen MR) is 110 cm³/mol. The zero-order valence-electron chi connectivity index (χ0n) is 15.7. The van der Waals surface area contributed by atoms with Gasteiger partial charge >= 0.3 is 0 Å². The number of anilines is 1. The monoisotopic (exact) mass is 410 g/mol. The molecule has 1 aliphatic rings. The number of nitrogens with two attached hydrogens (primary N) is 1. The molecular formula is C20H18N4O4S. The Bertz CT molecular complexity index is 1090. The summed E-state index contributed by atoms with van der Waals surface area (Å²) in [5.41, 5.74) is 7.21. The van der Waals surface area contributed by atoms with Crippen molar-refractivity contribution >= 4 is 39.9 Å². The van der Waals surface area contributed by atoms with Gasteiger partial charge in [0.25, 0.3) is 17.5 Å². The van der Waals surface area contributed by atoms with Crippen LogP contribution in [0.2, 0.25) is 0 Å². The summed E-state index contributed by atoms with van der Waals surface area (Å²) in [6.45, 7) is 1.60. The van der Waals surface area contributed by atoms with E-state index >= 15 is 0 Å². The Labute approximate surface area is 170 Å². The van der Waals surface area contributed by atoms with Crippen LogP contribution in [0, 0.1) is 28.4 Å². The maximum Gasteiger partial charge on any atom is 0.272 e. The molecule has 3 rings (SSSR count). The molecule has 8 nitrogen and oxygen atoms in total. The third-order valence-electron chi connectivity index (χ3n) is 4.75. The van der Waals surface area contributed by atoms with Gasteiger partial charge in [-0.05, 0) is 49.8 Å². The molecule has 0 unspecified atom stereocenters. The van der Waals surface area contributed by atoms with Crippen LogP contribution in [-0.2, 0) is 17.6 Å². The Morgan fingerprint density at radius 3 is 2.72 bits per heavy atom. The summed E-state index contributed by atoms with van der Waals surface area (Å²) in [6.07, 6.45) is 4.79. The fraction of sp³-hybridized carbons (Fsp3) is 0.250. The molecule has 0 atom stereocenters. The molecule has 2 aromatic rings. The fourth-order valence-corrected chi connectivity index (χ4v) is 4.60. The summed E-state index contributed by atoms with van der Waals surface area (Å²) in [6, 6.07) is 6.26. The van der Waals surface area contributed by atoms with Gasteiger partial charge in [-0.3, -0.25) is 19.7 Å². The maximum atomic E-state index is 12.6. The lowest BCUT2D eigenvalue weighted by Gasteiger charge is -2.11. The average molecular weight is 410 g/mol. The molecule has 1 aromatic carbocycles. The van der Waals surface area contributed by atoms with Crippen LogP contribution in [0.25, 0.3) is 6.08 Å². The van der Waals surface area contributed by atoms with Crippen LogP contribution in [0.15, 0.2) is 23.8 Å². The first-order chi connectivity index (χ1) is 13.8. The molecule has 0 saturated heterocycles. The minimum atomic E-state index is -0.697. The molecule has 2 amide bonds. The number of benzene rings is 1. The molecule has 1 aromatic heterocycles. The van der Waals surface area contributed by atoms with E-state index in [1.165, 1.54) is 23.5 Å². The predicted octanol–water partition coefficient (Wildman–Crippen LogP) is 3.49. The largest absolute Gasteiger partial charge is 0.365 e. The second kappa shape index (κ2) is 8.24. The Morgan fingerprint density at radius 2 is 2.07 bits per heavy atom. The van der Waals surface area contributed by atoms with Crippen molar-refractivity contribution in [1.29, 1.82) is 5.26 Å². The van der Waals surface area contributed by atoms with E-state index < -0.39 is 16.7 Å². The van der Waals surface area contributed by atoms with E-state index in [-0.39, 0.29) is 11.3 Å². The number of thiophene rings is 1. The number of hydrogen-bond acceptors (Lipinski definition) is 6. The van der Waals surface area contributed by atoms with Crippen molar-refractivity contribution in [2.75, 3.05) is 5.32 Å². The number of rotatable bonds is 5. The van der Waals surface area contributed by atoms with Crippen LogP contribution in [-0.4, -0.2) is 16.7 Å². The van der Waals surface area contributed by atoms with Crippen LogP contribution in [0.5, 0.6) is 0 Å². The second-order valence-electron chi connectivity index (χ2n) is 6.71. The minimum absolute atomic E-state index is 0.0987. The number of nitro groups is 1. The number of carbonyl (C=O) groups excluding carboxylic acids is 2. The van der Waals surface area contributed by atoms with E-state index in [0.29, 0.717) is 21.7 Å². The first-order valence-electron chi connectivity index (χ1n) is 8.94. The number of nitrogens with zero attached hydrogens (tertiary/aromatic N) is 2. The first-order valence-corrected chi connectivity index (χ1v) is 9.76. The van der Waals surface area contributed by atoms with Gasteiger partial charge in [0.2, 0.25) is 0 Å². The number of hydrogen-bond donors (Lipinski definition) is 2. The van der Waals surface area contributed by atoms with E-state index in [1.807, 2.05) is 6.07 Å². The molecule has 148 valence electrons. The summed E-state index contributed by atoms with van der Waals surface area (Å²) in [5, 5.41) is 23.5. The van der Waals surface area contributed by atoms with E-state index in [0.717, 1.165) is 36.1 Å². The number of nitro benzene ring substituents is 1. The van der Waals surface area contributed by atoms with Crippen molar-refractivity contribution in [3.8, 4) is 6.07 Å². The van der Waals surface area contributed by atoms with Crippen molar-refractivity contribution in [2.45, 2.75) is 32.6 Å². The number of fused-ring (bicyclic) bond motifs is 1. The third kappa shape index (κ3) is 4.17. The fourth-order valence-electron chi connectivity index (χ4n) is 3.31. The third-order valence-corrected chi connectivity index (χ3v) is 5.96. The van der Waals surface area contributed by atoms with Crippen molar-refractivity contribution in [2.24, 2.45) is 5.73 Å². The summed E-state index contributed by atoms with van der Waals surface area (Å²) < 4.78 is 0. The molecule has 0 saturated carbocycles. The number of amides is 2. The van der Waals surface area contributed by atoms with E-state index in [1.54, 1.807) is 19.1 Å². The number of primary amides is 1. The highest BCUT2D eigenvalue weighted by atomic mass is 32.1. The van der Waals surface area contributed by atoms with Gasteiger partial charge in [0, 0.05) is 16.5 Å². The average Bonchev–Trinajstić information content (AvgIpc) is 3.04. The molecule has 1 aliphatic carbocycles. The van der Waals surface area contributed by atoms with E-state index in [9.17, 15) is 25.0 Å². The Balaban J connectivity index is 1.92. The minimum Gasteiger partial charge on any atom is -0.365 e. The number of aryl methyl sites for hydroxylation is 2. The lowest BCUT2D eigenvalue weighted by Crippen LogP contribution is -2.19. The molecule has 3 N–H and O–H groups in total. The van der Waals surface area contributed by atoms with E-state index in [4.69, 9.17) is 5.73 Å². The Kier molecular flexibility index (Phi) is 5.75. The lowest BCUT2D eigenvalue weighted by atomic mass is 9.95. The van der Waals surface area contributed by atoms with Gasteiger partial charge in [-0.25, -0.2) is 0 Å². The molecule has 9 heteroatoms. The van der Waals surface area contributed by atoms with Crippen LogP contribution in [0.3, 0.4) is 0 Å². The van der Waals surface area contributed by atoms with Crippen molar-refractivity contribution < 1.29 is 14.5 Å². The molecule has 0 spiro atoms. The highest BCUT2D eigenvalue weighted by molar-refractivity contribution is 7.17. The molecule has 1 heterocycles. The quantitative estimate of drug-likeness (QED) is 0.336. The Hall–Kier alpha value is -3.51. The van der Waals surface area contributed by atoms with Gasteiger partial charge in [-0.1, -0.05) is 12.1 Å².